The number of carbonyl (C=O) groups is 3. The molecule has 1 heterocycles. The lowest BCUT2D eigenvalue weighted by Gasteiger charge is -2.40. The van der Waals surface area contributed by atoms with Crippen molar-refractivity contribution in [3.05, 3.63) is 0 Å². The van der Waals surface area contributed by atoms with Gasteiger partial charge in [0.05, 0.1) is 6.10 Å². The second-order valence-electron chi connectivity index (χ2n) is 6.45. The zero-order valence-electron chi connectivity index (χ0n) is 16.1. The first-order valence-electron chi connectivity index (χ1n) is 9.19. The molecule has 1 N–H and O–H groups in total. The van der Waals surface area contributed by atoms with E-state index in [1.165, 1.54) is 27.2 Å². The first-order chi connectivity index (χ1) is 12.3. The van der Waals surface area contributed by atoms with E-state index in [2.05, 4.69) is 12.2 Å². The van der Waals surface area contributed by atoms with Crippen molar-refractivity contribution in [2.75, 3.05) is 12.3 Å². The minimum atomic E-state index is -0.652. The van der Waals surface area contributed by atoms with Crippen LogP contribution in [0.15, 0.2) is 0 Å². The van der Waals surface area contributed by atoms with Crippen molar-refractivity contribution in [3.8, 4) is 0 Å². The molecule has 0 unspecified atom stereocenters. The number of hydrogen-bond acceptors (Lipinski definition) is 7. The molecule has 0 aromatic carbocycles. The summed E-state index contributed by atoms with van der Waals surface area (Å²) in [5.41, 5.74) is -0.433. The molecule has 1 aliphatic heterocycles. The molecule has 8 heteroatoms. The van der Waals surface area contributed by atoms with Crippen LogP contribution in [0.5, 0.6) is 0 Å². The highest BCUT2D eigenvalue weighted by atomic mass is 32.2. The van der Waals surface area contributed by atoms with Gasteiger partial charge in [0.2, 0.25) is 5.91 Å². The molecule has 1 aliphatic rings. The quantitative estimate of drug-likeness (QED) is 0.453. The van der Waals surface area contributed by atoms with Crippen LogP contribution in [0.25, 0.3) is 0 Å². The number of nitrogens with one attached hydrogen (secondary N) is 1. The van der Waals surface area contributed by atoms with Crippen molar-refractivity contribution in [1.82, 2.24) is 5.32 Å². The van der Waals surface area contributed by atoms with Gasteiger partial charge in [0.1, 0.15) is 11.5 Å². The fraction of sp³-hybridized carbons (Fsp3) is 0.833. The van der Waals surface area contributed by atoms with Gasteiger partial charge in [-0.15, -0.1) is 11.8 Å². The summed E-state index contributed by atoms with van der Waals surface area (Å²) >= 11 is 1.56. The Labute approximate surface area is 159 Å². The first kappa shape index (κ1) is 22.8. The minimum absolute atomic E-state index is 0.150. The third-order valence-corrected chi connectivity index (χ3v) is 5.17. The Hall–Kier alpha value is -1.28. The molecule has 7 nitrogen and oxygen atoms in total. The summed E-state index contributed by atoms with van der Waals surface area (Å²) in [6.07, 6.45) is 3.34. The van der Waals surface area contributed by atoms with E-state index < -0.39 is 29.6 Å². The molecule has 0 radical (unpaired) electrons. The maximum atomic E-state index is 11.5. The fourth-order valence-corrected chi connectivity index (χ4v) is 4.05. The maximum absolute atomic E-state index is 11.5. The molecule has 0 bridgehead atoms. The van der Waals surface area contributed by atoms with Crippen molar-refractivity contribution in [2.24, 2.45) is 0 Å². The summed E-state index contributed by atoms with van der Waals surface area (Å²) < 4.78 is 16.9. The summed E-state index contributed by atoms with van der Waals surface area (Å²) in [7, 11) is 0. The second-order valence-corrected chi connectivity index (χ2v) is 7.66. The Morgan fingerprint density at radius 3 is 2.35 bits per heavy atom. The first-order valence-corrected chi connectivity index (χ1v) is 10.2. The highest BCUT2D eigenvalue weighted by molar-refractivity contribution is 7.99. The highest BCUT2D eigenvalue weighted by Gasteiger charge is 2.43. The Morgan fingerprint density at radius 2 is 1.77 bits per heavy atom. The van der Waals surface area contributed by atoms with Gasteiger partial charge in [-0.2, -0.15) is 0 Å². The summed E-state index contributed by atoms with van der Waals surface area (Å²) in [5, 5.41) is 2.73. The molecule has 0 aromatic heterocycles. The van der Waals surface area contributed by atoms with E-state index in [4.69, 9.17) is 14.2 Å². The van der Waals surface area contributed by atoms with E-state index in [0.717, 1.165) is 25.0 Å². The molecule has 1 rings (SSSR count). The summed E-state index contributed by atoms with van der Waals surface area (Å²) in [4.78, 5) is 34.2. The van der Waals surface area contributed by atoms with Gasteiger partial charge in [0, 0.05) is 33.7 Å². The number of esters is 2. The molecular formula is C18H31NO6S. The van der Waals surface area contributed by atoms with E-state index in [-0.39, 0.29) is 12.0 Å². The van der Waals surface area contributed by atoms with Gasteiger partial charge in [-0.3, -0.25) is 14.4 Å². The minimum Gasteiger partial charge on any atom is -0.458 e. The van der Waals surface area contributed by atoms with Crippen LogP contribution >= 0.6 is 11.8 Å². The zero-order chi connectivity index (χ0) is 19.5. The number of carbonyl (C=O) groups excluding carboxylic acids is 3. The molecule has 150 valence electrons. The molecule has 1 amide bonds. The Kier molecular flexibility index (Phi) is 10.7. The fourth-order valence-electron chi connectivity index (χ4n) is 2.79. The number of ether oxygens (including phenoxy) is 3. The van der Waals surface area contributed by atoms with Gasteiger partial charge in [-0.25, -0.2) is 0 Å². The molecule has 4 atom stereocenters. The Bertz CT molecular complexity index is 473. The molecule has 1 saturated heterocycles. The smallest absolute Gasteiger partial charge is 0.303 e. The SMILES string of the molecule is CCCCCCS[C@H]1O[C@H](CNC(C)=O)C[C@H](OC(C)=O)[C@@H]1OC(C)=O. The monoisotopic (exact) mass is 389 g/mol. The van der Waals surface area contributed by atoms with Crippen LogP contribution in [0, 0.1) is 0 Å². The molecule has 0 saturated carbocycles. The van der Waals surface area contributed by atoms with Crippen LogP contribution in [0.3, 0.4) is 0 Å². The predicted octanol–water partition coefficient (Wildman–Crippen LogP) is 2.41. The van der Waals surface area contributed by atoms with Crippen LogP contribution in [-0.4, -0.2) is 53.9 Å². The normalized spacial score (nSPS) is 25.4. The molecule has 0 aliphatic carbocycles. The van der Waals surface area contributed by atoms with Gasteiger partial charge in [-0.05, 0) is 12.2 Å². The number of amides is 1. The van der Waals surface area contributed by atoms with Gasteiger partial charge in [0.15, 0.2) is 6.10 Å². The maximum Gasteiger partial charge on any atom is 0.303 e. The predicted molar refractivity (Wildman–Crippen MR) is 99.7 cm³/mol. The van der Waals surface area contributed by atoms with E-state index in [0.29, 0.717) is 13.0 Å². The summed E-state index contributed by atoms with van der Waals surface area (Å²) in [6.45, 7) is 6.58. The van der Waals surface area contributed by atoms with Crippen LogP contribution in [-0.2, 0) is 28.6 Å². The summed E-state index contributed by atoms with van der Waals surface area (Å²) in [6, 6.07) is 0. The van der Waals surface area contributed by atoms with Crippen LogP contribution in [0.4, 0.5) is 0 Å². The van der Waals surface area contributed by atoms with Gasteiger partial charge in [0.25, 0.3) is 0 Å². The zero-order valence-corrected chi connectivity index (χ0v) is 16.9. The molecular weight excluding hydrogens is 358 g/mol. The third-order valence-electron chi connectivity index (χ3n) is 3.93. The van der Waals surface area contributed by atoms with Crippen molar-refractivity contribution in [3.63, 3.8) is 0 Å². The van der Waals surface area contributed by atoms with Crippen molar-refractivity contribution >= 4 is 29.6 Å². The molecule has 0 aromatic rings. The molecule has 0 spiro atoms. The number of hydrogen-bond donors (Lipinski definition) is 1. The van der Waals surface area contributed by atoms with Gasteiger partial charge < -0.3 is 19.5 Å². The van der Waals surface area contributed by atoms with Crippen molar-refractivity contribution in [1.29, 1.82) is 0 Å². The van der Waals surface area contributed by atoms with E-state index in [1.54, 1.807) is 11.8 Å². The van der Waals surface area contributed by atoms with Gasteiger partial charge in [-0.1, -0.05) is 26.2 Å². The van der Waals surface area contributed by atoms with E-state index in [1.807, 2.05) is 0 Å². The number of unbranched alkanes of at least 4 members (excludes halogenated alkanes) is 3. The van der Waals surface area contributed by atoms with Crippen LogP contribution in [0.1, 0.15) is 59.8 Å². The highest BCUT2D eigenvalue weighted by Crippen LogP contribution is 2.32. The van der Waals surface area contributed by atoms with Crippen molar-refractivity contribution < 1.29 is 28.6 Å². The lowest BCUT2D eigenvalue weighted by Crippen LogP contribution is -2.53. The molecule has 1 fully saturated rings. The van der Waals surface area contributed by atoms with E-state index in [9.17, 15) is 14.4 Å². The number of rotatable bonds is 10. The lowest BCUT2D eigenvalue weighted by molar-refractivity contribution is -0.192. The van der Waals surface area contributed by atoms with E-state index >= 15 is 0 Å². The Morgan fingerprint density at radius 1 is 1.08 bits per heavy atom. The standard InChI is InChI=1S/C18H31NO6S/c1-5-6-7-8-9-26-18-17(24-14(4)22)16(23-13(3)21)10-15(25-18)11-19-12(2)20/h15-18H,5-11H2,1-4H3,(H,19,20)/t15-,16-,17-,18+/m0/s1. The van der Waals surface area contributed by atoms with Crippen molar-refractivity contribution in [2.45, 2.75) is 83.5 Å². The third kappa shape index (κ3) is 8.89. The van der Waals surface area contributed by atoms with Crippen LogP contribution < -0.4 is 5.32 Å². The average molecular weight is 390 g/mol. The second kappa shape index (κ2) is 12.2. The lowest BCUT2D eigenvalue weighted by atomic mass is 10.0. The molecule has 26 heavy (non-hydrogen) atoms. The number of thioether (sulfide) groups is 1. The Balaban J connectivity index is 2.78. The van der Waals surface area contributed by atoms with Crippen LogP contribution in [0.2, 0.25) is 0 Å². The topological polar surface area (TPSA) is 90.9 Å². The average Bonchev–Trinajstić information content (AvgIpc) is 2.54. The summed E-state index contributed by atoms with van der Waals surface area (Å²) in [5.74, 6) is -0.155. The largest absolute Gasteiger partial charge is 0.458 e. The van der Waals surface area contributed by atoms with Gasteiger partial charge >= 0.3 is 11.9 Å².